The maximum Gasteiger partial charge on any atom is 0.328 e. The first-order valence-electron chi connectivity index (χ1n) is 10.9. The molecule has 2 aromatic carbocycles. The third-order valence-corrected chi connectivity index (χ3v) is 6.18. The number of imidazole rings is 1. The zero-order chi connectivity index (χ0) is 23.1. The average Bonchev–Trinajstić information content (AvgIpc) is 3.25. The first kappa shape index (κ1) is 21.0. The number of aryl methyl sites for hydroxylation is 3. The van der Waals surface area contributed by atoms with Crippen molar-refractivity contribution in [1.82, 2.24) is 18.9 Å². The zero-order valence-electron chi connectivity index (χ0n) is 18.9. The highest BCUT2D eigenvalue weighted by Gasteiger charge is 2.19. The van der Waals surface area contributed by atoms with Crippen LogP contribution in [-0.4, -0.2) is 51.4 Å². The number of aromatic amines is 1. The lowest BCUT2D eigenvalue weighted by Gasteiger charge is -2.30. The van der Waals surface area contributed by atoms with Crippen molar-refractivity contribution in [2.75, 3.05) is 31.2 Å². The van der Waals surface area contributed by atoms with Crippen molar-refractivity contribution in [1.29, 1.82) is 0 Å². The summed E-state index contributed by atoms with van der Waals surface area (Å²) < 4.78 is 10.3. The van der Waals surface area contributed by atoms with E-state index in [1.807, 2.05) is 49.4 Å². The molecule has 0 unspecified atom stereocenters. The summed E-state index contributed by atoms with van der Waals surface area (Å²) in [6, 6.07) is 13.3. The summed E-state index contributed by atoms with van der Waals surface area (Å²) in [4.78, 5) is 32.5. The molecule has 1 aliphatic heterocycles. The minimum atomic E-state index is -0.163. The van der Waals surface area contributed by atoms with Crippen LogP contribution in [0.1, 0.15) is 11.3 Å². The van der Waals surface area contributed by atoms with Gasteiger partial charge in [-0.1, -0.05) is 18.2 Å². The minimum absolute atomic E-state index is 0.0914. The highest BCUT2D eigenvalue weighted by Crippen LogP contribution is 2.33. The van der Waals surface area contributed by atoms with Crippen LogP contribution in [0.3, 0.4) is 0 Å². The summed E-state index contributed by atoms with van der Waals surface area (Å²) in [5.74, 6) is 0. The Morgan fingerprint density at radius 2 is 1.67 bits per heavy atom. The molecule has 0 saturated carbocycles. The zero-order valence-corrected chi connectivity index (χ0v) is 18.9. The lowest BCUT2D eigenvalue weighted by molar-refractivity contribution is 0.123. The molecule has 0 aliphatic carbocycles. The Kier molecular flexibility index (Phi) is 5.26. The molecule has 3 heterocycles. The topological polar surface area (TPSA) is 89.6 Å². The second-order valence-electron chi connectivity index (χ2n) is 8.21. The molecule has 0 amide bonds. The largest absolute Gasteiger partial charge is 0.378 e. The SMILES string of the molecule is Cc1[nH]n(-c2ccccc2)c(=O)c1C=Nc1cc2c(cc1N1CCOCC1)n(C)c(=O)n2C. The van der Waals surface area contributed by atoms with Crippen LogP contribution in [0.15, 0.2) is 57.0 Å². The van der Waals surface area contributed by atoms with Gasteiger partial charge in [0.05, 0.1) is 46.9 Å². The number of rotatable bonds is 4. The van der Waals surface area contributed by atoms with E-state index in [0.717, 1.165) is 41.2 Å². The molecule has 170 valence electrons. The van der Waals surface area contributed by atoms with Crippen LogP contribution in [0.4, 0.5) is 11.4 Å². The van der Waals surface area contributed by atoms with Gasteiger partial charge in [0.1, 0.15) is 0 Å². The fourth-order valence-corrected chi connectivity index (χ4v) is 4.29. The van der Waals surface area contributed by atoms with Gasteiger partial charge in [0, 0.05) is 39.1 Å². The number of benzene rings is 2. The molecular formula is C24H26N6O3. The summed E-state index contributed by atoms with van der Waals surface area (Å²) in [5.41, 5.74) is 4.99. The smallest absolute Gasteiger partial charge is 0.328 e. The van der Waals surface area contributed by atoms with Gasteiger partial charge in [-0.2, -0.15) is 0 Å². The molecule has 2 aromatic heterocycles. The van der Waals surface area contributed by atoms with Crippen molar-refractivity contribution < 1.29 is 4.74 Å². The number of para-hydroxylation sites is 1. The van der Waals surface area contributed by atoms with Crippen LogP contribution in [-0.2, 0) is 18.8 Å². The molecule has 9 heteroatoms. The third-order valence-electron chi connectivity index (χ3n) is 6.18. The highest BCUT2D eigenvalue weighted by atomic mass is 16.5. The fourth-order valence-electron chi connectivity index (χ4n) is 4.29. The molecule has 1 saturated heterocycles. The van der Waals surface area contributed by atoms with Gasteiger partial charge in [-0.25, -0.2) is 9.48 Å². The van der Waals surface area contributed by atoms with E-state index in [4.69, 9.17) is 9.73 Å². The second-order valence-corrected chi connectivity index (χ2v) is 8.21. The Morgan fingerprint density at radius 3 is 2.36 bits per heavy atom. The van der Waals surface area contributed by atoms with Gasteiger partial charge in [0.15, 0.2) is 0 Å². The van der Waals surface area contributed by atoms with Gasteiger partial charge in [0.2, 0.25) is 0 Å². The van der Waals surface area contributed by atoms with Gasteiger partial charge in [0.25, 0.3) is 5.56 Å². The minimum Gasteiger partial charge on any atom is -0.378 e. The van der Waals surface area contributed by atoms with Gasteiger partial charge in [-0.15, -0.1) is 0 Å². The van der Waals surface area contributed by atoms with E-state index >= 15 is 0 Å². The van der Waals surface area contributed by atoms with Crippen LogP contribution in [0.5, 0.6) is 0 Å². The standard InChI is InChI=1S/C24H26N6O3/c1-16-18(23(31)30(26-16)17-7-5-4-6-8-17)15-25-19-13-21-22(28(3)24(32)27(21)2)14-20(19)29-9-11-33-12-10-29/h4-8,13-15,26H,9-12H2,1-3H3. The van der Waals surface area contributed by atoms with Crippen molar-refractivity contribution in [3.63, 3.8) is 0 Å². The molecule has 1 N–H and O–H groups in total. The number of aromatic nitrogens is 4. The number of aliphatic imine (C=N–C) groups is 1. The lowest BCUT2D eigenvalue weighted by atomic mass is 10.2. The number of anilines is 1. The lowest BCUT2D eigenvalue weighted by Crippen LogP contribution is -2.36. The quantitative estimate of drug-likeness (QED) is 0.487. The summed E-state index contributed by atoms with van der Waals surface area (Å²) in [6.45, 7) is 4.59. The highest BCUT2D eigenvalue weighted by molar-refractivity contribution is 5.91. The molecule has 1 aliphatic rings. The Balaban J connectivity index is 1.63. The predicted molar refractivity (Wildman–Crippen MR) is 130 cm³/mol. The van der Waals surface area contributed by atoms with Crippen molar-refractivity contribution >= 4 is 28.6 Å². The summed E-state index contributed by atoms with van der Waals surface area (Å²) in [5, 5.41) is 3.13. The Bertz CT molecular complexity index is 1470. The first-order valence-corrected chi connectivity index (χ1v) is 10.9. The summed E-state index contributed by atoms with van der Waals surface area (Å²) in [7, 11) is 3.52. The number of morpholine rings is 1. The molecule has 5 rings (SSSR count). The van der Waals surface area contributed by atoms with Crippen LogP contribution in [0.25, 0.3) is 16.7 Å². The second kappa shape index (κ2) is 8.25. The number of nitrogens with zero attached hydrogens (tertiary/aromatic N) is 5. The van der Waals surface area contributed by atoms with E-state index in [0.29, 0.717) is 24.5 Å². The van der Waals surface area contributed by atoms with E-state index in [9.17, 15) is 9.59 Å². The van der Waals surface area contributed by atoms with E-state index in [2.05, 4.69) is 10.00 Å². The van der Waals surface area contributed by atoms with Gasteiger partial charge < -0.3 is 9.64 Å². The number of hydrogen-bond acceptors (Lipinski definition) is 5. The number of nitrogens with one attached hydrogen (secondary N) is 1. The number of fused-ring (bicyclic) bond motifs is 1. The molecule has 0 spiro atoms. The Hall–Kier alpha value is -3.85. The molecular weight excluding hydrogens is 420 g/mol. The van der Waals surface area contributed by atoms with Crippen molar-refractivity contribution in [2.45, 2.75) is 6.92 Å². The molecule has 1 fully saturated rings. The Morgan fingerprint density at radius 1 is 1.00 bits per heavy atom. The molecule has 33 heavy (non-hydrogen) atoms. The van der Waals surface area contributed by atoms with Crippen LogP contribution in [0, 0.1) is 6.92 Å². The van der Waals surface area contributed by atoms with E-state index in [1.54, 1.807) is 29.4 Å². The predicted octanol–water partition coefficient (Wildman–Crippen LogP) is 2.25. The fraction of sp³-hybridized carbons (Fsp3) is 0.292. The third kappa shape index (κ3) is 3.60. The van der Waals surface area contributed by atoms with E-state index < -0.39 is 0 Å². The van der Waals surface area contributed by atoms with Gasteiger partial charge in [-0.05, 0) is 31.2 Å². The van der Waals surface area contributed by atoms with Crippen LogP contribution in [0.2, 0.25) is 0 Å². The van der Waals surface area contributed by atoms with Gasteiger partial charge >= 0.3 is 5.69 Å². The number of hydrogen-bond donors (Lipinski definition) is 1. The van der Waals surface area contributed by atoms with Gasteiger partial charge in [-0.3, -0.25) is 24.0 Å². The number of H-pyrrole nitrogens is 1. The summed E-state index contributed by atoms with van der Waals surface area (Å²) in [6.07, 6.45) is 1.61. The normalized spacial score (nSPS) is 14.6. The van der Waals surface area contributed by atoms with Crippen molar-refractivity contribution in [3.05, 3.63) is 74.6 Å². The molecule has 4 aromatic rings. The Labute approximate surface area is 190 Å². The van der Waals surface area contributed by atoms with Crippen molar-refractivity contribution in [2.24, 2.45) is 19.1 Å². The van der Waals surface area contributed by atoms with E-state index in [1.165, 1.54) is 4.68 Å². The van der Waals surface area contributed by atoms with Crippen molar-refractivity contribution in [3.8, 4) is 5.69 Å². The molecule has 0 atom stereocenters. The number of ether oxygens (including phenoxy) is 1. The van der Waals surface area contributed by atoms with E-state index in [-0.39, 0.29) is 11.2 Å². The molecule has 0 bridgehead atoms. The molecule has 9 nitrogen and oxygen atoms in total. The van der Waals surface area contributed by atoms with Crippen LogP contribution < -0.4 is 16.1 Å². The molecule has 0 radical (unpaired) electrons. The summed E-state index contributed by atoms with van der Waals surface area (Å²) >= 11 is 0. The first-order chi connectivity index (χ1) is 16.0. The van der Waals surface area contributed by atoms with Crippen LogP contribution >= 0.6 is 0 Å². The average molecular weight is 447 g/mol. The maximum absolute atomic E-state index is 13.1. The maximum atomic E-state index is 13.1. The monoisotopic (exact) mass is 446 g/mol.